The SMILES string of the molecule is C/C=C\C(=C(C)C)[C@@H](C)N. The molecule has 0 aliphatic carbocycles. The largest absolute Gasteiger partial charge is 0.324 e. The van der Waals surface area contributed by atoms with Gasteiger partial charge in [0.05, 0.1) is 0 Å². The van der Waals surface area contributed by atoms with Gasteiger partial charge in [-0.3, -0.25) is 0 Å². The van der Waals surface area contributed by atoms with Crippen LogP contribution in [0.5, 0.6) is 0 Å². The lowest BCUT2D eigenvalue weighted by atomic mass is 10.0. The van der Waals surface area contributed by atoms with E-state index in [0.29, 0.717) is 0 Å². The Hall–Kier alpha value is -0.560. The summed E-state index contributed by atoms with van der Waals surface area (Å²) in [6, 6.07) is 0.154. The van der Waals surface area contributed by atoms with Gasteiger partial charge in [-0.25, -0.2) is 0 Å². The summed E-state index contributed by atoms with van der Waals surface area (Å²) in [4.78, 5) is 0. The van der Waals surface area contributed by atoms with Gasteiger partial charge in [0, 0.05) is 6.04 Å². The Morgan fingerprint density at radius 3 is 2.00 bits per heavy atom. The molecule has 0 aromatic carbocycles. The molecule has 0 amide bonds. The van der Waals surface area contributed by atoms with Gasteiger partial charge in [0.15, 0.2) is 0 Å². The summed E-state index contributed by atoms with van der Waals surface area (Å²) in [6.07, 6.45) is 4.09. The zero-order chi connectivity index (χ0) is 8.15. The van der Waals surface area contributed by atoms with Crippen LogP contribution in [0.3, 0.4) is 0 Å². The van der Waals surface area contributed by atoms with Crippen LogP contribution in [0.4, 0.5) is 0 Å². The number of allylic oxidation sites excluding steroid dienone is 2. The number of hydrogen-bond acceptors (Lipinski definition) is 1. The smallest absolute Gasteiger partial charge is 0.0265 e. The molecule has 0 aliphatic heterocycles. The Bertz CT molecular complexity index is 148. The maximum absolute atomic E-state index is 5.71. The molecule has 10 heavy (non-hydrogen) atoms. The molecule has 0 rings (SSSR count). The van der Waals surface area contributed by atoms with Crippen molar-refractivity contribution in [3.8, 4) is 0 Å². The first-order valence-corrected chi connectivity index (χ1v) is 3.65. The summed E-state index contributed by atoms with van der Waals surface area (Å²) < 4.78 is 0. The fraction of sp³-hybridized carbons (Fsp3) is 0.556. The van der Waals surface area contributed by atoms with Crippen molar-refractivity contribution >= 4 is 0 Å². The van der Waals surface area contributed by atoms with Crippen molar-refractivity contribution in [2.45, 2.75) is 33.7 Å². The van der Waals surface area contributed by atoms with E-state index in [-0.39, 0.29) is 6.04 Å². The second-order valence-electron chi connectivity index (χ2n) is 2.74. The zero-order valence-electron chi connectivity index (χ0n) is 7.31. The topological polar surface area (TPSA) is 26.0 Å². The van der Waals surface area contributed by atoms with E-state index in [1.807, 2.05) is 19.9 Å². The van der Waals surface area contributed by atoms with E-state index in [1.165, 1.54) is 11.1 Å². The number of hydrogen-bond donors (Lipinski definition) is 1. The van der Waals surface area contributed by atoms with Gasteiger partial charge >= 0.3 is 0 Å². The average Bonchev–Trinajstić information content (AvgIpc) is 1.81. The highest BCUT2D eigenvalue weighted by molar-refractivity contribution is 5.27. The average molecular weight is 139 g/mol. The lowest BCUT2D eigenvalue weighted by molar-refractivity contribution is 0.870. The van der Waals surface area contributed by atoms with Gasteiger partial charge in [-0.1, -0.05) is 17.7 Å². The molecule has 0 saturated heterocycles. The van der Waals surface area contributed by atoms with Gasteiger partial charge in [0.2, 0.25) is 0 Å². The highest BCUT2D eigenvalue weighted by Crippen LogP contribution is 2.07. The molecule has 58 valence electrons. The molecule has 0 aliphatic rings. The van der Waals surface area contributed by atoms with Crippen LogP contribution in [0, 0.1) is 0 Å². The standard InChI is InChI=1S/C9H17N/c1-5-6-9(7(2)3)8(4)10/h5-6,8H,10H2,1-4H3/b6-5-/t8-/m1/s1. The first-order valence-electron chi connectivity index (χ1n) is 3.65. The lowest BCUT2D eigenvalue weighted by Crippen LogP contribution is -2.17. The summed E-state index contributed by atoms with van der Waals surface area (Å²) in [5.74, 6) is 0. The molecular weight excluding hydrogens is 122 g/mol. The summed E-state index contributed by atoms with van der Waals surface area (Å²) in [5, 5.41) is 0. The molecule has 2 N–H and O–H groups in total. The second-order valence-corrected chi connectivity index (χ2v) is 2.74. The molecule has 0 fully saturated rings. The molecule has 0 unspecified atom stereocenters. The highest BCUT2D eigenvalue weighted by atomic mass is 14.6. The Morgan fingerprint density at radius 2 is 1.90 bits per heavy atom. The minimum Gasteiger partial charge on any atom is -0.324 e. The molecule has 0 aromatic rings. The third-order valence-electron chi connectivity index (χ3n) is 1.41. The Balaban J connectivity index is 4.44. The van der Waals surface area contributed by atoms with E-state index >= 15 is 0 Å². The third kappa shape index (κ3) is 2.83. The van der Waals surface area contributed by atoms with Crippen molar-refractivity contribution in [3.63, 3.8) is 0 Å². The Labute approximate surface area is 63.6 Å². The van der Waals surface area contributed by atoms with E-state index in [1.54, 1.807) is 0 Å². The molecule has 1 heteroatoms. The van der Waals surface area contributed by atoms with E-state index < -0.39 is 0 Å². The van der Waals surface area contributed by atoms with E-state index in [2.05, 4.69) is 19.9 Å². The quantitative estimate of drug-likeness (QED) is 0.583. The highest BCUT2D eigenvalue weighted by Gasteiger charge is 1.99. The van der Waals surface area contributed by atoms with Gasteiger partial charge in [0.25, 0.3) is 0 Å². The van der Waals surface area contributed by atoms with Crippen LogP contribution >= 0.6 is 0 Å². The Morgan fingerprint density at radius 1 is 1.40 bits per heavy atom. The van der Waals surface area contributed by atoms with Gasteiger partial charge in [0.1, 0.15) is 0 Å². The molecule has 0 spiro atoms. The van der Waals surface area contributed by atoms with Crippen LogP contribution in [0.15, 0.2) is 23.3 Å². The van der Waals surface area contributed by atoms with Crippen molar-refractivity contribution in [3.05, 3.63) is 23.3 Å². The van der Waals surface area contributed by atoms with Gasteiger partial charge in [-0.05, 0) is 33.3 Å². The van der Waals surface area contributed by atoms with Crippen molar-refractivity contribution in [1.82, 2.24) is 0 Å². The first kappa shape index (κ1) is 9.44. The van der Waals surface area contributed by atoms with Crippen LogP contribution in [-0.2, 0) is 0 Å². The zero-order valence-corrected chi connectivity index (χ0v) is 7.31. The van der Waals surface area contributed by atoms with Crippen LogP contribution in [-0.4, -0.2) is 6.04 Å². The predicted octanol–water partition coefficient (Wildman–Crippen LogP) is 2.25. The third-order valence-corrected chi connectivity index (χ3v) is 1.41. The maximum Gasteiger partial charge on any atom is 0.0265 e. The normalized spacial score (nSPS) is 13.7. The fourth-order valence-corrected chi connectivity index (χ4v) is 0.953. The molecule has 1 nitrogen and oxygen atoms in total. The molecule has 0 aromatic heterocycles. The summed E-state index contributed by atoms with van der Waals surface area (Å²) in [6.45, 7) is 8.17. The van der Waals surface area contributed by atoms with Crippen molar-refractivity contribution < 1.29 is 0 Å². The van der Waals surface area contributed by atoms with Crippen LogP contribution < -0.4 is 5.73 Å². The molecule has 0 saturated carbocycles. The van der Waals surface area contributed by atoms with E-state index in [4.69, 9.17) is 5.73 Å². The molecular formula is C9H17N. The minimum absolute atomic E-state index is 0.154. The number of rotatable bonds is 2. The van der Waals surface area contributed by atoms with Gasteiger partial charge < -0.3 is 5.73 Å². The maximum atomic E-state index is 5.71. The summed E-state index contributed by atoms with van der Waals surface area (Å²) in [7, 11) is 0. The number of nitrogens with two attached hydrogens (primary N) is 1. The van der Waals surface area contributed by atoms with Crippen LogP contribution in [0.25, 0.3) is 0 Å². The summed E-state index contributed by atoms with van der Waals surface area (Å²) >= 11 is 0. The minimum atomic E-state index is 0.154. The monoisotopic (exact) mass is 139 g/mol. The molecule has 0 heterocycles. The fourth-order valence-electron chi connectivity index (χ4n) is 0.953. The van der Waals surface area contributed by atoms with Crippen molar-refractivity contribution in [2.24, 2.45) is 5.73 Å². The van der Waals surface area contributed by atoms with Gasteiger partial charge in [-0.15, -0.1) is 0 Å². The van der Waals surface area contributed by atoms with Crippen LogP contribution in [0.2, 0.25) is 0 Å². The van der Waals surface area contributed by atoms with Crippen LogP contribution in [0.1, 0.15) is 27.7 Å². The van der Waals surface area contributed by atoms with Crippen molar-refractivity contribution in [1.29, 1.82) is 0 Å². The second kappa shape index (κ2) is 4.29. The summed E-state index contributed by atoms with van der Waals surface area (Å²) in [5.41, 5.74) is 8.25. The van der Waals surface area contributed by atoms with E-state index in [0.717, 1.165) is 0 Å². The lowest BCUT2D eigenvalue weighted by Gasteiger charge is -2.08. The first-order chi connectivity index (χ1) is 4.59. The molecule has 0 radical (unpaired) electrons. The molecule has 0 bridgehead atoms. The van der Waals surface area contributed by atoms with E-state index in [9.17, 15) is 0 Å². The van der Waals surface area contributed by atoms with Crippen molar-refractivity contribution in [2.75, 3.05) is 0 Å². The van der Waals surface area contributed by atoms with Gasteiger partial charge in [-0.2, -0.15) is 0 Å². The Kier molecular flexibility index (Phi) is 4.05. The molecule has 1 atom stereocenters. The predicted molar refractivity (Wildman–Crippen MR) is 46.8 cm³/mol.